The van der Waals surface area contributed by atoms with E-state index in [1.54, 1.807) is 0 Å². The Labute approximate surface area is 104 Å². The predicted octanol–water partition coefficient (Wildman–Crippen LogP) is 2.95. The zero-order chi connectivity index (χ0) is 12.8. The number of rotatable bonds is 2. The minimum atomic E-state index is -0.261. The van der Waals surface area contributed by atoms with E-state index in [4.69, 9.17) is 0 Å². The number of hydrogen-bond acceptors (Lipinski definition) is 2. The van der Waals surface area contributed by atoms with Gasteiger partial charge in [0.05, 0.1) is 6.10 Å². The van der Waals surface area contributed by atoms with Crippen LogP contribution in [-0.4, -0.2) is 17.0 Å². The van der Waals surface area contributed by atoms with Crippen molar-refractivity contribution in [2.45, 2.75) is 52.6 Å². The second kappa shape index (κ2) is 4.24. The molecule has 0 bridgehead atoms. The van der Waals surface area contributed by atoms with Crippen molar-refractivity contribution in [3.05, 3.63) is 12.2 Å². The normalized spacial score (nSPS) is 41.7. The van der Waals surface area contributed by atoms with Gasteiger partial charge in [-0.1, -0.05) is 32.9 Å². The molecule has 0 spiro atoms. The zero-order valence-electron chi connectivity index (χ0n) is 11.2. The van der Waals surface area contributed by atoms with Gasteiger partial charge < -0.3 is 5.11 Å². The van der Waals surface area contributed by atoms with Crippen molar-refractivity contribution >= 4 is 5.78 Å². The third kappa shape index (κ3) is 1.87. The number of allylic oxidation sites excluding steroid dienone is 1. The summed E-state index contributed by atoms with van der Waals surface area (Å²) in [6.45, 7) is 10.2. The molecule has 2 saturated carbocycles. The van der Waals surface area contributed by atoms with Crippen LogP contribution in [0.2, 0.25) is 0 Å². The lowest BCUT2D eigenvalue weighted by atomic mass is 9.63. The molecule has 0 aromatic carbocycles. The van der Waals surface area contributed by atoms with Gasteiger partial charge >= 0.3 is 0 Å². The van der Waals surface area contributed by atoms with Crippen molar-refractivity contribution in [1.29, 1.82) is 0 Å². The monoisotopic (exact) mass is 236 g/mol. The van der Waals surface area contributed by atoms with Crippen molar-refractivity contribution in [1.82, 2.24) is 0 Å². The maximum absolute atomic E-state index is 12.3. The molecule has 1 N–H and O–H groups in total. The van der Waals surface area contributed by atoms with Crippen molar-refractivity contribution in [2.24, 2.45) is 23.2 Å². The summed E-state index contributed by atoms with van der Waals surface area (Å²) in [7, 11) is 0. The fourth-order valence-electron chi connectivity index (χ4n) is 3.92. The molecule has 0 aromatic heterocycles. The minimum Gasteiger partial charge on any atom is -0.393 e. The molecular formula is C15H24O2. The summed E-state index contributed by atoms with van der Waals surface area (Å²) in [6.07, 6.45) is 3.32. The fraction of sp³-hybridized carbons (Fsp3) is 0.800. The highest BCUT2D eigenvalue weighted by Gasteiger charge is 2.54. The van der Waals surface area contributed by atoms with Gasteiger partial charge in [0.2, 0.25) is 0 Å². The smallest absolute Gasteiger partial charge is 0.139 e. The van der Waals surface area contributed by atoms with E-state index in [0.717, 1.165) is 25.7 Å². The molecule has 2 fully saturated rings. The summed E-state index contributed by atoms with van der Waals surface area (Å²) >= 11 is 0. The van der Waals surface area contributed by atoms with E-state index in [0.29, 0.717) is 5.78 Å². The number of carbonyl (C=O) groups excluding carboxylic acids is 1. The molecule has 0 heterocycles. The second-order valence-corrected chi connectivity index (χ2v) is 6.40. The van der Waals surface area contributed by atoms with Crippen LogP contribution in [0.5, 0.6) is 0 Å². The quantitative estimate of drug-likeness (QED) is 0.748. The molecule has 17 heavy (non-hydrogen) atoms. The summed E-state index contributed by atoms with van der Waals surface area (Å²) in [6, 6.07) is 0. The molecule has 4 atom stereocenters. The van der Waals surface area contributed by atoms with Gasteiger partial charge in [0.25, 0.3) is 0 Å². The van der Waals surface area contributed by atoms with Gasteiger partial charge in [-0.25, -0.2) is 0 Å². The van der Waals surface area contributed by atoms with Gasteiger partial charge in [0.1, 0.15) is 5.78 Å². The van der Waals surface area contributed by atoms with Crippen molar-refractivity contribution in [2.75, 3.05) is 0 Å². The molecule has 0 amide bonds. The summed E-state index contributed by atoms with van der Waals surface area (Å²) < 4.78 is 0. The minimum absolute atomic E-state index is 0.0919. The molecule has 0 radical (unpaired) electrons. The van der Waals surface area contributed by atoms with Crippen LogP contribution in [0.3, 0.4) is 0 Å². The van der Waals surface area contributed by atoms with E-state index in [2.05, 4.69) is 13.5 Å². The highest BCUT2D eigenvalue weighted by Crippen LogP contribution is 2.57. The van der Waals surface area contributed by atoms with Gasteiger partial charge in [0, 0.05) is 17.3 Å². The number of fused-ring (bicyclic) bond motifs is 1. The van der Waals surface area contributed by atoms with Gasteiger partial charge in [-0.3, -0.25) is 4.79 Å². The van der Waals surface area contributed by atoms with Gasteiger partial charge in [-0.05, 0) is 31.6 Å². The number of aliphatic hydroxyl groups excluding tert-OH is 1. The zero-order valence-corrected chi connectivity index (χ0v) is 11.2. The molecule has 0 aliphatic heterocycles. The first-order chi connectivity index (χ1) is 7.88. The Hall–Kier alpha value is -0.630. The Morgan fingerprint density at radius 3 is 2.71 bits per heavy atom. The first-order valence-electron chi connectivity index (χ1n) is 6.77. The third-order valence-corrected chi connectivity index (χ3v) is 4.98. The Morgan fingerprint density at radius 1 is 1.47 bits per heavy atom. The van der Waals surface area contributed by atoms with E-state index in [1.165, 1.54) is 5.57 Å². The highest BCUT2D eigenvalue weighted by atomic mass is 16.3. The van der Waals surface area contributed by atoms with Crippen LogP contribution < -0.4 is 0 Å². The van der Waals surface area contributed by atoms with E-state index < -0.39 is 0 Å². The Morgan fingerprint density at radius 2 is 2.12 bits per heavy atom. The Kier molecular flexibility index (Phi) is 3.19. The molecular weight excluding hydrogens is 212 g/mol. The number of ketones is 1. The molecule has 2 rings (SSSR count). The predicted molar refractivity (Wildman–Crippen MR) is 68.5 cm³/mol. The lowest BCUT2D eigenvalue weighted by Gasteiger charge is -2.43. The average Bonchev–Trinajstić information content (AvgIpc) is 2.63. The fourth-order valence-corrected chi connectivity index (χ4v) is 3.92. The lowest BCUT2D eigenvalue weighted by molar-refractivity contribution is -0.128. The van der Waals surface area contributed by atoms with Crippen LogP contribution in [0.1, 0.15) is 46.5 Å². The number of Topliss-reactive ketones (excluding diaryl/α,β-unsaturated/α-hetero) is 1. The van der Waals surface area contributed by atoms with Crippen molar-refractivity contribution in [3.8, 4) is 0 Å². The largest absolute Gasteiger partial charge is 0.393 e. The Bertz CT molecular complexity index is 345. The van der Waals surface area contributed by atoms with Gasteiger partial charge in [-0.2, -0.15) is 0 Å². The third-order valence-electron chi connectivity index (χ3n) is 4.98. The van der Waals surface area contributed by atoms with Gasteiger partial charge in [-0.15, -0.1) is 0 Å². The molecule has 4 unspecified atom stereocenters. The van der Waals surface area contributed by atoms with Gasteiger partial charge in [0.15, 0.2) is 0 Å². The van der Waals surface area contributed by atoms with E-state index in [-0.39, 0.29) is 29.3 Å². The molecule has 2 nitrogen and oxygen atoms in total. The summed E-state index contributed by atoms with van der Waals surface area (Å²) in [5.74, 6) is 0.756. The molecule has 96 valence electrons. The summed E-state index contributed by atoms with van der Waals surface area (Å²) in [4.78, 5) is 12.3. The second-order valence-electron chi connectivity index (χ2n) is 6.40. The topological polar surface area (TPSA) is 37.3 Å². The van der Waals surface area contributed by atoms with E-state index in [1.807, 2.05) is 13.8 Å². The lowest BCUT2D eigenvalue weighted by Crippen LogP contribution is -2.43. The number of carbonyl (C=O) groups is 1. The number of aliphatic hydroxyl groups is 1. The molecule has 2 aliphatic carbocycles. The molecule has 0 saturated heterocycles. The van der Waals surface area contributed by atoms with Crippen LogP contribution in [0.25, 0.3) is 0 Å². The van der Waals surface area contributed by atoms with Crippen LogP contribution in [0.4, 0.5) is 0 Å². The van der Waals surface area contributed by atoms with E-state index in [9.17, 15) is 9.90 Å². The molecule has 2 aliphatic rings. The average molecular weight is 236 g/mol. The maximum Gasteiger partial charge on any atom is 0.139 e. The SMILES string of the molecule is C=C1CCC(O)C2(C)CCC(C(=O)C(C)C)C12. The van der Waals surface area contributed by atoms with E-state index >= 15 is 0 Å². The molecule has 2 heteroatoms. The van der Waals surface area contributed by atoms with Crippen LogP contribution in [0, 0.1) is 23.2 Å². The number of hydrogen-bond donors (Lipinski definition) is 1. The molecule has 0 aromatic rings. The first-order valence-corrected chi connectivity index (χ1v) is 6.77. The Balaban J connectivity index is 2.29. The maximum atomic E-state index is 12.3. The van der Waals surface area contributed by atoms with Crippen LogP contribution in [0.15, 0.2) is 12.2 Å². The highest BCUT2D eigenvalue weighted by molar-refractivity contribution is 5.84. The van der Waals surface area contributed by atoms with Crippen LogP contribution >= 0.6 is 0 Å². The summed E-state index contributed by atoms with van der Waals surface area (Å²) in [5, 5.41) is 10.2. The first kappa shape index (κ1) is 12.8. The van der Waals surface area contributed by atoms with Crippen molar-refractivity contribution in [3.63, 3.8) is 0 Å². The summed E-state index contributed by atoms with van der Waals surface area (Å²) in [5.41, 5.74) is 1.08. The van der Waals surface area contributed by atoms with Crippen LogP contribution in [-0.2, 0) is 4.79 Å². The standard InChI is InChI=1S/C15H24O2/c1-9(2)14(17)11-7-8-15(4)12(16)6-5-10(3)13(11)15/h9,11-13,16H,3,5-8H2,1-2,4H3. The van der Waals surface area contributed by atoms with Crippen molar-refractivity contribution < 1.29 is 9.90 Å².